The number of fused-ring (bicyclic) bond motifs is 1. The second-order valence-corrected chi connectivity index (χ2v) is 7.62. The molecule has 27 heavy (non-hydrogen) atoms. The molecule has 2 aromatic rings. The van der Waals surface area contributed by atoms with Gasteiger partial charge < -0.3 is 9.73 Å². The predicted octanol–water partition coefficient (Wildman–Crippen LogP) is 2.88. The SMILES string of the molecule is Cc1cc2occ(CC(=O)NN3C(=O)NC4(CCCCC4)C3=O)c2cc1C. The fourth-order valence-electron chi connectivity index (χ4n) is 4.03. The lowest BCUT2D eigenvalue weighted by molar-refractivity contribution is -0.139. The molecule has 1 aromatic heterocycles. The fraction of sp³-hybridized carbons (Fsp3) is 0.450. The van der Waals surface area contributed by atoms with Gasteiger partial charge in [-0.3, -0.25) is 15.0 Å². The van der Waals surface area contributed by atoms with Gasteiger partial charge in [-0.1, -0.05) is 19.3 Å². The third-order valence-electron chi connectivity index (χ3n) is 5.73. The molecule has 0 atom stereocenters. The largest absolute Gasteiger partial charge is 0.464 e. The number of benzene rings is 1. The van der Waals surface area contributed by atoms with Gasteiger partial charge in [0.05, 0.1) is 12.7 Å². The van der Waals surface area contributed by atoms with Crippen molar-refractivity contribution in [3.63, 3.8) is 0 Å². The predicted molar refractivity (Wildman–Crippen MR) is 98.7 cm³/mol. The number of rotatable bonds is 3. The molecule has 7 nitrogen and oxygen atoms in total. The van der Waals surface area contributed by atoms with E-state index in [9.17, 15) is 14.4 Å². The Balaban J connectivity index is 1.49. The fourth-order valence-corrected chi connectivity index (χ4v) is 4.03. The maximum Gasteiger partial charge on any atom is 0.344 e. The molecule has 1 saturated carbocycles. The lowest BCUT2D eigenvalue weighted by Crippen LogP contribution is -2.51. The Labute approximate surface area is 157 Å². The van der Waals surface area contributed by atoms with Crippen molar-refractivity contribution in [3.05, 3.63) is 35.1 Å². The van der Waals surface area contributed by atoms with Gasteiger partial charge in [-0.05, 0) is 49.9 Å². The highest BCUT2D eigenvalue weighted by Gasteiger charge is 2.52. The molecule has 1 aliphatic carbocycles. The minimum absolute atomic E-state index is 0.0273. The molecule has 142 valence electrons. The molecule has 4 amide bonds. The zero-order valence-electron chi connectivity index (χ0n) is 15.6. The van der Waals surface area contributed by atoms with Gasteiger partial charge in [0.1, 0.15) is 11.1 Å². The van der Waals surface area contributed by atoms with Crippen LogP contribution in [0.5, 0.6) is 0 Å². The van der Waals surface area contributed by atoms with E-state index in [0.29, 0.717) is 12.8 Å². The molecule has 1 spiro atoms. The number of aryl methyl sites for hydroxylation is 2. The van der Waals surface area contributed by atoms with Crippen LogP contribution in [0.15, 0.2) is 22.8 Å². The first-order valence-corrected chi connectivity index (χ1v) is 9.33. The summed E-state index contributed by atoms with van der Waals surface area (Å²) in [4.78, 5) is 37.5. The quantitative estimate of drug-likeness (QED) is 0.814. The molecule has 0 radical (unpaired) electrons. The first-order chi connectivity index (χ1) is 12.9. The molecular formula is C20H23N3O4. The monoisotopic (exact) mass is 369 g/mol. The zero-order valence-corrected chi connectivity index (χ0v) is 15.6. The van der Waals surface area contributed by atoms with Crippen molar-refractivity contribution < 1.29 is 18.8 Å². The maximum absolute atomic E-state index is 12.7. The number of imide groups is 1. The molecule has 0 bridgehead atoms. The van der Waals surface area contributed by atoms with Crippen LogP contribution in [-0.2, 0) is 16.0 Å². The number of furan rings is 1. The lowest BCUT2D eigenvalue weighted by Gasteiger charge is -2.30. The number of urea groups is 1. The van der Waals surface area contributed by atoms with Crippen molar-refractivity contribution in [2.24, 2.45) is 0 Å². The average Bonchev–Trinajstić information content (AvgIpc) is 3.10. The molecular weight excluding hydrogens is 346 g/mol. The highest BCUT2D eigenvalue weighted by atomic mass is 16.3. The second-order valence-electron chi connectivity index (χ2n) is 7.62. The summed E-state index contributed by atoms with van der Waals surface area (Å²) in [7, 11) is 0. The summed E-state index contributed by atoms with van der Waals surface area (Å²) in [5.41, 5.74) is 5.29. The van der Waals surface area contributed by atoms with Crippen molar-refractivity contribution in [2.75, 3.05) is 0 Å². The van der Waals surface area contributed by atoms with Gasteiger partial charge in [-0.15, -0.1) is 0 Å². The summed E-state index contributed by atoms with van der Waals surface area (Å²) in [6.07, 6.45) is 5.67. The summed E-state index contributed by atoms with van der Waals surface area (Å²) >= 11 is 0. The van der Waals surface area contributed by atoms with Crippen LogP contribution in [-0.4, -0.2) is 28.4 Å². The van der Waals surface area contributed by atoms with Crippen molar-refractivity contribution in [1.82, 2.24) is 15.8 Å². The van der Waals surface area contributed by atoms with E-state index in [4.69, 9.17) is 4.42 Å². The molecule has 2 fully saturated rings. The summed E-state index contributed by atoms with van der Waals surface area (Å²) in [5.74, 6) is -0.781. The van der Waals surface area contributed by atoms with Gasteiger partial charge in [0, 0.05) is 10.9 Å². The number of nitrogens with one attached hydrogen (secondary N) is 2. The minimum Gasteiger partial charge on any atom is -0.464 e. The Kier molecular flexibility index (Phi) is 4.17. The van der Waals surface area contributed by atoms with Crippen molar-refractivity contribution in [3.8, 4) is 0 Å². The molecule has 1 aromatic carbocycles. The van der Waals surface area contributed by atoms with Gasteiger partial charge >= 0.3 is 6.03 Å². The molecule has 2 N–H and O–H groups in total. The highest BCUT2D eigenvalue weighted by Crippen LogP contribution is 2.33. The van der Waals surface area contributed by atoms with Gasteiger partial charge in [0.2, 0.25) is 5.91 Å². The standard InChI is InChI=1S/C20H23N3O4/c1-12-8-15-14(11-27-16(15)9-13(12)2)10-17(24)22-23-18(25)20(21-19(23)26)6-4-3-5-7-20/h8-9,11H,3-7,10H2,1-2H3,(H,21,26)(H,22,24). The van der Waals surface area contributed by atoms with Crippen LogP contribution in [0.25, 0.3) is 11.0 Å². The number of nitrogens with zero attached hydrogens (tertiary/aromatic N) is 1. The minimum atomic E-state index is -0.848. The average molecular weight is 369 g/mol. The van der Waals surface area contributed by atoms with Crippen LogP contribution in [0.2, 0.25) is 0 Å². The number of hydrogen-bond acceptors (Lipinski definition) is 4. The Morgan fingerprint density at radius 2 is 1.89 bits per heavy atom. The molecule has 1 aliphatic heterocycles. The third-order valence-corrected chi connectivity index (χ3v) is 5.73. The van der Waals surface area contributed by atoms with Crippen LogP contribution in [0.3, 0.4) is 0 Å². The number of amides is 4. The van der Waals surface area contributed by atoms with Crippen molar-refractivity contribution in [1.29, 1.82) is 0 Å². The summed E-state index contributed by atoms with van der Waals surface area (Å²) in [5, 5.41) is 4.49. The second kappa shape index (κ2) is 6.40. The van der Waals surface area contributed by atoms with Crippen LogP contribution in [0, 0.1) is 13.8 Å². The van der Waals surface area contributed by atoms with E-state index < -0.39 is 17.5 Å². The number of hydrazine groups is 1. The Morgan fingerprint density at radius 3 is 2.63 bits per heavy atom. The van der Waals surface area contributed by atoms with E-state index in [1.54, 1.807) is 6.26 Å². The molecule has 0 unspecified atom stereocenters. The van der Waals surface area contributed by atoms with E-state index >= 15 is 0 Å². The van der Waals surface area contributed by atoms with Crippen molar-refractivity contribution >= 4 is 28.8 Å². The smallest absolute Gasteiger partial charge is 0.344 e. The highest BCUT2D eigenvalue weighted by molar-refractivity contribution is 6.08. The number of hydrogen-bond donors (Lipinski definition) is 2. The molecule has 1 saturated heterocycles. The van der Waals surface area contributed by atoms with E-state index in [-0.39, 0.29) is 12.3 Å². The molecule has 2 heterocycles. The van der Waals surface area contributed by atoms with E-state index in [1.807, 2.05) is 26.0 Å². The van der Waals surface area contributed by atoms with Gasteiger partial charge in [-0.25, -0.2) is 4.79 Å². The molecule has 4 rings (SSSR count). The maximum atomic E-state index is 12.7. The number of carbonyl (C=O) groups is 3. The molecule has 2 aliphatic rings. The Hall–Kier alpha value is -2.83. The molecule has 7 heteroatoms. The van der Waals surface area contributed by atoms with Crippen LogP contribution < -0.4 is 10.7 Å². The van der Waals surface area contributed by atoms with Gasteiger partial charge in [0.15, 0.2) is 0 Å². The van der Waals surface area contributed by atoms with E-state index in [1.165, 1.54) is 0 Å². The topological polar surface area (TPSA) is 91.7 Å². The van der Waals surface area contributed by atoms with Crippen molar-refractivity contribution in [2.45, 2.75) is 57.9 Å². The van der Waals surface area contributed by atoms with Crippen LogP contribution in [0.1, 0.15) is 48.8 Å². The summed E-state index contributed by atoms with van der Waals surface area (Å²) in [6.45, 7) is 4.00. The third kappa shape index (κ3) is 2.97. The first kappa shape index (κ1) is 17.6. The summed E-state index contributed by atoms with van der Waals surface area (Å²) in [6, 6.07) is 3.37. The first-order valence-electron chi connectivity index (χ1n) is 9.33. The Bertz CT molecular complexity index is 940. The lowest BCUT2D eigenvalue weighted by atomic mass is 9.82. The van der Waals surface area contributed by atoms with Crippen LogP contribution >= 0.6 is 0 Å². The summed E-state index contributed by atoms with van der Waals surface area (Å²) < 4.78 is 5.55. The van der Waals surface area contributed by atoms with E-state index in [0.717, 1.165) is 51.9 Å². The normalized spacial score (nSPS) is 19.0. The van der Waals surface area contributed by atoms with Crippen LogP contribution in [0.4, 0.5) is 4.79 Å². The zero-order chi connectivity index (χ0) is 19.2. The van der Waals surface area contributed by atoms with Gasteiger partial charge in [-0.2, -0.15) is 5.01 Å². The van der Waals surface area contributed by atoms with Gasteiger partial charge in [0.25, 0.3) is 5.91 Å². The Morgan fingerprint density at radius 1 is 1.19 bits per heavy atom. The number of carbonyl (C=O) groups excluding carboxylic acids is 3. The van der Waals surface area contributed by atoms with E-state index in [2.05, 4.69) is 10.7 Å².